The van der Waals surface area contributed by atoms with Gasteiger partial charge in [0.1, 0.15) is 5.82 Å². The zero-order valence-electron chi connectivity index (χ0n) is 15.5. The standard InChI is InChI=1S/C22H26FNO2/c1-16-14-17(15-21(25)26-2)6-11-20(16)22(24-12-4-3-5-13-24)18-7-9-19(23)10-8-18/h6-11,14,22H,3-5,12-13,15H2,1-2H3. The van der Waals surface area contributed by atoms with Crippen LogP contribution >= 0.6 is 0 Å². The van der Waals surface area contributed by atoms with Crippen LogP contribution in [-0.2, 0) is 16.0 Å². The van der Waals surface area contributed by atoms with Gasteiger partial charge in [-0.1, -0.05) is 36.8 Å². The van der Waals surface area contributed by atoms with E-state index in [0.717, 1.165) is 29.8 Å². The summed E-state index contributed by atoms with van der Waals surface area (Å²) < 4.78 is 18.2. The molecule has 3 rings (SSSR count). The number of benzene rings is 2. The van der Waals surface area contributed by atoms with E-state index >= 15 is 0 Å². The van der Waals surface area contributed by atoms with Crippen LogP contribution in [0, 0.1) is 12.7 Å². The van der Waals surface area contributed by atoms with Gasteiger partial charge in [-0.05, 0) is 67.2 Å². The number of piperidine rings is 1. The van der Waals surface area contributed by atoms with Gasteiger partial charge in [-0.3, -0.25) is 9.69 Å². The first-order valence-electron chi connectivity index (χ1n) is 9.24. The Labute approximate surface area is 154 Å². The van der Waals surface area contributed by atoms with E-state index in [1.165, 1.54) is 44.1 Å². The molecule has 0 amide bonds. The molecule has 2 aromatic rings. The summed E-state index contributed by atoms with van der Waals surface area (Å²) in [5.74, 6) is -0.445. The molecule has 3 nitrogen and oxygen atoms in total. The van der Waals surface area contributed by atoms with Crippen molar-refractivity contribution in [2.24, 2.45) is 0 Å². The molecule has 1 atom stereocenters. The minimum absolute atomic E-state index is 0.114. The van der Waals surface area contributed by atoms with E-state index in [1.807, 2.05) is 18.2 Å². The second kappa shape index (κ2) is 8.45. The monoisotopic (exact) mass is 355 g/mol. The molecule has 1 fully saturated rings. The largest absolute Gasteiger partial charge is 0.469 e. The highest BCUT2D eigenvalue weighted by atomic mass is 19.1. The summed E-state index contributed by atoms with van der Waals surface area (Å²) in [6.07, 6.45) is 3.93. The summed E-state index contributed by atoms with van der Waals surface area (Å²) in [4.78, 5) is 14.0. The Morgan fingerprint density at radius 2 is 1.81 bits per heavy atom. The van der Waals surface area contributed by atoms with Crippen LogP contribution in [0.15, 0.2) is 42.5 Å². The summed E-state index contributed by atoms with van der Waals surface area (Å²) in [7, 11) is 1.41. The van der Waals surface area contributed by atoms with Crippen molar-refractivity contribution in [3.63, 3.8) is 0 Å². The number of carbonyl (C=O) groups excluding carboxylic acids is 1. The summed E-state index contributed by atoms with van der Waals surface area (Å²) in [6, 6.07) is 13.1. The predicted molar refractivity (Wildman–Crippen MR) is 101 cm³/mol. The average molecular weight is 355 g/mol. The quantitative estimate of drug-likeness (QED) is 0.744. The first-order chi connectivity index (χ1) is 12.6. The number of hydrogen-bond donors (Lipinski definition) is 0. The predicted octanol–water partition coefficient (Wildman–Crippen LogP) is 4.42. The van der Waals surface area contributed by atoms with E-state index in [2.05, 4.69) is 24.0 Å². The molecule has 0 radical (unpaired) electrons. The summed E-state index contributed by atoms with van der Waals surface area (Å²) in [6.45, 7) is 4.17. The Morgan fingerprint density at radius 3 is 2.42 bits per heavy atom. The maximum atomic E-state index is 13.4. The summed E-state index contributed by atoms with van der Waals surface area (Å²) >= 11 is 0. The van der Waals surface area contributed by atoms with Gasteiger partial charge < -0.3 is 4.74 Å². The third-order valence-corrected chi connectivity index (χ3v) is 5.15. The lowest BCUT2D eigenvalue weighted by Crippen LogP contribution is -2.34. The number of carbonyl (C=O) groups is 1. The van der Waals surface area contributed by atoms with Crippen LogP contribution in [0.4, 0.5) is 4.39 Å². The molecule has 0 spiro atoms. The lowest BCUT2D eigenvalue weighted by molar-refractivity contribution is -0.139. The molecule has 26 heavy (non-hydrogen) atoms. The molecule has 138 valence electrons. The topological polar surface area (TPSA) is 29.5 Å². The van der Waals surface area contributed by atoms with E-state index in [-0.39, 0.29) is 24.2 Å². The molecule has 1 unspecified atom stereocenters. The lowest BCUT2D eigenvalue weighted by atomic mass is 9.90. The van der Waals surface area contributed by atoms with Gasteiger partial charge in [0, 0.05) is 0 Å². The van der Waals surface area contributed by atoms with E-state index in [4.69, 9.17) is 4.74 Å². The maximum absolute atomic E-state index is 13.4. The fourth-order valence-electron chi connectivity index (χ4n) is 3.80. The van der Waals surface area contributed by atoms with Gasteiger partial charge in [-0.25, -0.2) is 4.39 Å². The number of methoxy groups -OCH3 is 1. The first-order valence-corrected chi connectivity index (χ1v) is 9.24. The van der Waals surface area contributed by atoms with Crippen molar-refractivity contribution >= 4 is 5.97 Å². The van der Waals surface area contributed by atoms with Gasteiger partial charge in [-0.2, -0.15) is 0 Å². The Bertz CT molecular complexity index is 751. The highest BCUT2D eigenvalue weighted by Crippen LogP contribution is 2.33. The van der Waals surface area contributed by atoms with E-state index < -0.39 is 0 Å². The van der Waals surface area contributed by atoms with Crippen molar-refractivity contribution in [2.45, 2.75) is 38.6 Å². The molecule has 2 aromatic carbocycles. The molecule has 1 saturated heterocycles. The van der Waals surface area contributed by atoms with Crippen molar-refractivity contribution in [1.82, 2.24) is 4.90 Å². The van der Waals surface area contributed by atoms with Crippen molar-refractivity contribution in [1.29, 1.82) is 0 Å². The van der Waals surface area contributed by atoms with Crippen molar-refractivity contribution < 1.29 is 13.9 Å². The molecule has 1 aliphatic rings. The minimum atomic E-state index is -0.233. The van der Waals surface area contributed by atoms with Gasteiger partial charge in [0.25, 0.3) is 0 Å². The second-order valence-electron chi connectivity index (χ2n) is 6.99. The third-order valence-electron chi connectivity index (χ3n) is 5.15. The van der Waals surface area contributed by atoms with Crippen LogP contribution in [0.5, 0.6) is 0 Å². The van der Waals surface area contributed by atoms with Crippen molar-refractivity contribution in [2.75, 3.05) is 20.2 Å². The normalized spacial score (nSPS) is 16.3. The number of rotatable bonds is 5. The number of likely N-dealkylation sites (tertiary alicyclic amines) is 1. The maximum Gasteiger partial charge on any atom is 0.309 e. The molecule has 1 aliphatic heterocycles. The number of ether oxygens (including phenoxy) is 1. The fourth-order valence-corrected chi connectivity index (χ4v) is 3.80. The fraction of sp³-hybridized carbons (Fsp3) is 0.409. The third kappa shape index (κ3) is 4.31. The molecule has 1 heterocycles. The van der Waals surface area contributed by atoms with Crippen LogP contribution in [0.25, 0.3) is 0 Å². The summed E-state index contributed by atoms with van der Waals surface area (Å²) in [5.41, 5.74) is 4.42. The minimum Gasteiger partial charge on any atom is -0.469 e. The lowest BCUT2D eigenvalue weighted by Gasteiger charge is -2.36. The number of esters is 1. The zero-order chi connectivity index (χ0) is 18.5. The smallest absolute Gasteiger partial charge is 0.309 e. The number of halogens is 1. The first kappa shape index (κ1) is 18.6. The Balaban J connectivity index is 1.95. The molecule has 0 saturated carbocycles. The second-order valence-corrected chi connectivity index (χ2v) is 6.99. The Morgan fingerprint density at radius 1 is 1.12 bits per heavy atom. The summed E-state index contributed by atoms with van der Waals surface area (Å²) in [5, 5.41) is 0. The van der Waals surface area contributed by atoms with Crippen molar-refractivity contribution in [3.05, 3.63) is 70.5 Å². The average Bonchev–Trinajstić information content (AvgIpc) is 2.66. The zero-order valence-corrected chi connectivity index (χ0v) is 15.5. The van der Waals surface area contributed by atoms with Gasteiger partial charge in [0.2, 0.25) is 0 Å². The van der Waals surface area contributed by atoms with Gasteiger partial charge in [-0.15, -0.1) is 0 Å². The Kier molecular flexibility index (Phi) is 6.04. The molecule has 0 N–H and O–H groups in total. The van der Waals surface area contributed by atoms with Crippen LogP contribution in [-0.4, -0.2) is 31.1 Å². The molecule has 0 aliphatic carbocycles. The highest BCUT2D eigenvalue weighted by molar-refractivity contribution is 5.72. The number of nitrogens with zero attached hydrogens (tertiary/aromatic N) is 1. The molecular weight excluding hydrogens is 329 g/mol. The molecular formula is C22H26FNO2. The number of aryl methyl sites for hydroxylation is 1. The SMILES string of the molecule is COC(=O)Cc1ccc(C(c2ccc(F)cc2)N2CCCCC2)c(C)c1. The van der Waals surface area contributed by atoms with Crippen LogP contribution in [0.1, 0.15) is 47.6 Å². The molecule has 0 bridgehead atoms. The highest BCUT2D eigenvalue weighted by Gasteiger charge is 2.25. The molecule has 0 aromatic heterocycles. The Hall–Kier alpha value is -2.20. The van der Waals surface area contributed by atoms with Crippen LogP contribution in [0.3, 0.4) is 0 Å². The van der Waals surface area contributed by atoms with Crippen molar-refractivity contribution in [3.8, 4) is 0 Å². The van der Waals surface area contributed by atoms with Gasteiger partial charge in [0.15, 0.2) is 0 Å². The number of hydrogen-bond acceptors (Lipinski definition) is 3. The van der Waals surface area contributed by atoms with E-state index in [1.54, 1.807) is 0 Å². The van der Waals surface area contributed by atoms with Gasteiger partial charge >= 0.3 is 5.97 Å². The van der Waals surface area contributed by atoms with E-state index in [9.17, 15) is 9.18 Å². The van der Waals surface area contributed by atoms with E-state index in [0.29, 0.717) is 0 Å². The van der Waals surface area contributed by atoms with Gasteiger partial charge in [0.05, 0.1) is 19.6 Å². The van der Waals surface area contributed by atoms with Crippen LogP contribution < -0.4 is 0 Å². The van der Waals surface area contributed by atoms with Crippen LogP contribution in [0.2, 0.25) is 0 Å². The molecule has 4 heteroatoms.